The molecule has 0 aliphatic heterocycles. The van der Waals surface area contributed by atoms with Crippen LogP contribution in [-0.4, -0.2) is 16.1 Å². The normalized spacial score (nSPS) is 16.3. The molecule has 1 saturated carbocycles. The molecule has 0 saturated heterocycles. The van der Waals surface area contributed by atoms with Gasteiger partial charge in [0.05, 0.1) is 6.20 Å². The van der Waals surface area contributed by atoms with E-state index in [0.717, 1.165) is 18.6 Å². The molecule has 1 aromatic rings. The van der Waals surface area contributed by atoms with E-state index in [4.69, 9.17) is 9.52 Å². The number of carboxylic acids is 1. The molecule has 0 amide bonds. The summed E-state index contributed by atoms with van der Waals surface area (Å²) in [7, 11) is 0. The minimum absolute atomic E-state index is 0.118. The predicted octanol–water partition coefficient (Wildman–Crippen LogP) is 1.18. The Morgan fingerprint density at radius 2 is 2.50 bits per heavy atom. The van der Waals surface area contributed by atoms with Gasteiger partial charge in [-0.05, 0) is 12.8 Å². The zero-order valence-corrected chi connectivity index (χ0v) is 6.49. The first-order valence-electron chi connectivity index (χ1n) is 3.92. The van der Waals surface area contributed by atoms with Crippen molar-refractivity contribution < 1.29 is 14.3 Å². The van der Waals surface area contributed by atoms with Crippen LogP contribution in [0.3, 0.4) is 0 Å². The molecule has 1 heterocycles. The zero-order chi connectivity index (χ0) is 8.55. The van der Waals surface area contributed by atoms with Crippen LogP contribution in [0.5, 0.6) is 0 Å². The van der Waals surface area contributed by atoms with E-state index in [1.807, 2.05) is 0 Å². The Kier molecular flexibility index (Phi) is 1.60. The molecule has 0 atom stereocenters. The van der Waals surface area contributed by atoms with Gasteiger partial charge in [-0.1, -0.05) is 0 Å². The van der Waals surface area contributed by atoms with E-state index in [9.17, 15) is 4.79 Å². The second-order valence-electron chi connectivity index (χ2n) is 3.00. The SMILES string of the molecule is O=C(O)Cc1ncc(C2CC2)o1. The summed E-state index contributed by atoms with van der Waals surface area (Å²) in [5.74, 6) is 0.745. The Balaban J connectivity index is 2.07. The molecule has 0 unspecified atom stereocenters. The van der Waals surface area contributed by atoms with Crippen LogP contribution in [0.15, 0.2) is 10.6 Å². The van der Waals surface area contributed by atoms with Gasteiger partial charge in [-0.2, -0.15) is 0 Å². The second kappa shape index (κ2) is 2.62. The van der Waals surface area contributed by atoms with Crippen LogP contribution >= 0.6 is 0 Å². The van der Waals surface area contributed by atoms with Crippen LogP contribution < -0.4 is 0 Å². The standard InChI is InChI=1S/C8H9NO3/c10-8(11)3-7-9-4-6(12-7)5-1-2-5/h4-5H,1-3H2,(H,10,11). The van der Waals surface area contributed by atoms with Crippen molar-refractivity contribution in [3.8, 4) is 0 Å². The Morgan fingerprint density at radius 3 is 3.08 bits per heavy atom. The van der Waals surface area contributed by atoms with Crippen LogP contribution in [0, 0.1) is 0 Å². The first kappa shape index (κ1) is 7.34. The van der Waals surface area contributed by atoms with E-state index in [1.54, 1.807) is 6.20 Å². The van der Waals surface area contributed by atoms with Crippen molar-refractivity contribution in [3.05, 3.63) is 17.8 Å². The topological polar surface area (TPSA) is 63.3 Å². The fraction of sp³-hybridized carbons (Fsp3) is 0.500. The van der Waals surface area contributed by atoms with E-state index >= 15 is 0 Å². The van der Waals surface area contributed by atoms with Gasteiger partial charge in [0, 0.05) is 5.92 Å². The van der Waals surface area contributed by atoms with Crippen LogP contribution in [0.25, 0.3) is 0 Å². The molecule has 0 radical (unpaired) electrons. The Morgan fingerprint density at radius 1 is 1.75 bits per heavy atom. The lowest BCUT2D eigenvalue weighted by Gasteiger charge is -1.88. The lowest BCUT2D eigenvalue weighted by Crippen LogP contribution is -1.99. The number of aliphatic carboxylic acids is 1. The molecule has 1 aliphatic rings. The summed E-state index contributed by atoms with van der Waals surface area (Å²) in [6.45, 7) is 0. The number of hydrogen-bond donors (Lipinski definition) is 1. The average molecular weight is 167 g/mol. The lowest BCUT2D eigenvalue weighted by molar-refractivity contribution is -0.136. The molecule has 4 nitrogen and oxygen atoms in total. The number of carboxylic acid groups (broad SMARTS) is 1. The van der Waals surface area contributed by atoms with Crippen molar-refractivity contribution in [1.82, 2.24) is 4.98 Å². The maximum atomic E-state index is 10.3. The summed E-state index contributed by atoms with van der Waals surface area (Å²) in [6.07, 6.45) is 3.80. The highest BCUT2D eigenvalue weighted by Crippen LogP contribution is 2.40. The minimum Gasteiger partial charge on any atom is -0.481 e. The average Bonchev–Trinajstić information content (AvgIpc) is 2.73. The third kappa shape index (κ3) is 1.47. The van der Waals surface area contributed by atoms with E-state index in [-0.39, 0.29) is 6.42 Å². The van der Waals surface area contributed by atoms with Gasteiger partial charge >= 0.3 is 5.97 Å². The molecule has 12 heavy (non-hydrogen) atoms. The maximum absolute atomic E-state index is 10.3. The fourth-order valence-electron chi connectivity index (χ4n) is 1.09. The van der Waals surface area contributed by atoms with E-state index in [2.05, 4.69) is 4.98 Å². The third-order valence-electron chi connectivity index (χ3n) is 1.85. The Labute approximate surface area is 69.2 Å². The van der Waals surface area contributed by atoms with Gasteiger partial charge in [-0.25, -0.2) is 4.98 Å². The quantitative estimate of drug-likeness (QED) is 0.734. The molecule has 1 aromatic heterocycles. The summed E-state index contributed by atoms with van der Waals surface area (Å²) in [6, 6.07) is 0. The van der Waals surface area contributed by atoms with Crippen molar-refractivity contribution in [2.75, 3.05) is 0 Å². The van der Waals surface area contributed by atoms with Crippen molar-refractivity contribution in [2.24, 2.45) is 0 Å². The number of nitrogens with zero attached hydrogens (tertiary/aromatic N) is 1. The molecule has 1 aliphatic carbocycles. The zero-order valence-electron chi connectivity index (χ0n) is 6.49. The first-order chi connectivity index (χ1) is 5.75. The third-order valence-corrected chi connectivity index (χ3v) is 1.85. The summed E-state index contributed by atoms with van der Waals surface area (Å²) < 4.78 is 5.23. The molecule has 4 heteroatoms. The molecule has 1 N–H and O–H groups in total. The summed E-state index contributed by atoms with van der Waals surface area (Å²) in [5.41, 5.74) is 0. The summed E-state index contributed by atoms with van der Waals surface area (Å²) in [4.78, 5) is 14.1. The highest BCUT2D eigenvalue weighted by atomic mass is 16.4. The van der Waals surface area contributed by atoms with Crippen LogP contribution in [0.2, 0.25) is 0 Å². The molecule has 0 spiro atoms. The fourth-order valence-corrected chi connectivity index (χ4v) is 1.09. The van der Waals surface area contributed by atoms with Crippen molar-refractivity contribution in [2.45, 2.75) is 25.2 Å². The van der Waals surface area contributed by atoms with Gasteiger partial charge in [0.25, 0.3) is 0 Å². The number of carbonyl (C=O) groups is 1. The van der Waals surface area contributed by atoms with Gasteiger partial charge < -0.3 is 9.52 Å². The number of rotatable bonds is 3. The summed E-state index contributed by atoms with van der Waals surface area (Å²) >= 11 is 0. The lowest BCUT2D eigenvalue weighted by atomic mass is 10.3. The van der Waals surface area contributed by atoms with Crippen molar-refractivity contribution in [3.63, 3.8) is 0 Å². The monoisotopic (exact) mass is 167 g/mol. The highest BCUT2D eigenvalue weighted by molar-refractivity contribution is 5.68. The predicted molar refractivity (Wildman–Crippen MR) is 39.8 cm³/mol. The Hall–Kier alpha value is -1.32. The van der Waals surface area contributed by atoms with E-state index < -0.39 is 5.97 Å². The molecular weight excluding hydrogens is 158 g/mol. The van der Waals surface area contributed by atoms with Crippen LogP contribution in [0.1, 0.15) is 30.4 Å². The van der Waals surface area contributed by atoms with Gasteiger partial charge in [0.1, 0.15) is 12.2 Å². The molecule has 0 aromatic carbocycles. The maximum Gasteiger partial charge on any atom is 0.312 e. The first-order valence-corrected chi connectivity index (χ1v) is 3.92. The Bertz CT molecular complexity index is 301. The van der Waals surface area contributed by atoms with Gasteiger partial charge in [-0.3, -0.25) is 4.79 Å². The van der Waals surface area contributed by atoms with Gasteiger partial charge in [-0.15, -0.1) is 0 Å². The van der Waals surface area contributed by atoms with E-state index in [0.29, 0.717) is 11.8 Å². The van der Waals surface area contributed by atoms with Crippen LogP contribution in [-0.2, 0) is 11.2 Å². The summed E-state index contributed by atoms with van der Waals surface area (Å²) in [5, 5.41) is 8.43. The van der Waals surface area contributed by atoms with Crippen molar-refractivity contribution >= 4 is 5.97 Å². The highest BCUT2D eigenvalue weighted by Gasteiger charge is 2.27. The largest absolute Gasteiger partial charge is 0.481 e. The number of oxazole rings is 1. The molecule has 1 fully saturated rings. The molecule has 0 bridgehead atoms. The van der Waals surface area contributed by atoms with Crippen LogP contribution in [0.4, 0.5) is 0 Å². The molecular formula is C8H9NO3. The number of hydrogen-bond acceptors (Lipinski definition) is 3. The number of aromatic nitrogens is 1. The molecule has 64 valence electrons. The minimum atomic E-state index is -0.904. The smallest absolute Gasteiger partial charge is 0.312 e. The van der Waals surface area contributed by atoms with Gasteiger partial charge in [0.15, 0.2) is 0 Å². The van der Waals surface area contributed by atoms with Gasteiger partial charge in [0.2, 0.25) is 5.89 Å². The molecule has 2 rings (SSSR count). The second-order valence-corrected chi connectivity index (χ2v) is 3.00. The van der Waals surface area contributed by atoms with Crippen molar-refractivity contribution in [1.29, 1.82) is 0 Å². The van der Waals surface area contributed by atoms with E-state index in [1.165, 1.54) is 0 Å².